The molecule has 1 aliphatic rings. The van der Waals surface area contributed by atoms with E-state index >= 15 is 0 Å². The van der Waals surface area contributed by atoms with Crippen molar-refractivity contribution in [3.05, 3.63) is 57.6 Å². The quantitative estimate of drug-likeness (QED) is 0.241. The molecule has 2 aromatic rings. The fourth-order valence-corrected chi connectivity index (χ4v) is 10.3. The lowest BCUT2D eigenvalue weighted by Gasteiger charge is -2.34. The molecule has 1 saturated carbocycles. The van der Waals surface area contributed by atoms with E-state index in [2.05, 4.69) is 37.1 Å². The van der Waals surface area contributed by atoms with Crippen molar-refractivity contribution in [2.24, 2.45) is 0 Å². The van der Waals surface area contributed by atoms with E-state index in [0.29, 0.717) is 22.6 Å². The molecule has 2 aromatic carbocycles. The summed E-state index contributed by atoms with van der Waals surface area (Å²) in [7, 11) is -7.90. The van der Waals surface area contributed by atoms with E-state index in [0.717, 1.165) is 46.2 Å². The van der Waals surface area contributed by atoms with Crippen molar-refractivity contribution in [1.29, 1.82) is 0 Å². The summed E-state index contributed by atoms with van der Waals surface area (Å²) in [6, 6.07) is 7.07. The Hall–Kier alpha value is -1.74. The Morgan fingerprint density at radius 1 is 0.477 bits per heavy atom. The van der Waals surface area contributed by atoms with Gasteiger partial charge in [-0.1, -0.05) is 120 Å². The Labute approximate surface area is 269 Å². The maximum atomic E-state index is 14.3. The molecular weight excluding hydrogens is 589 g/mol. The summed E-state index contributed by atoms with van der Waals surface area (Å²) < 4.78 is 63.3. The van der Waals surface area contributed by atoms with Gasteiger partial charge in [0.05, 0.1) is 9.79 Å². The van der Waals surface area contributed by atoms with E-state index in [9.17, 15) is 16.8 Å². The second kappa shape index (κ2) is 14.4. The third-order valence-electron chi connectivity index (χ3n) is 9.08. The lowest BCUT2D eigenvalue weighted by atomic mass is 9.89. The summed E-state index contributed by atoms with van der Waals surface area (Å²) in [5, 5.41) is 0. The topological polar surface area (TPSA) is 92.3 Å². The molecule has 248 valence electrons. The molecule has 0 bridgehead atoms. The average Bonchev–Trinajstić information content (AvgIpc) is 2.91. The highest BCUT2D eigenvalue weighted by Crippen LogP contribution is 2.38. The SMILES string of the molecule is CC(C)c1cc(C(C)C)c(S(=O)(=O)N[C@@H]2CCCC[C@H]2NS(=O)(=O)c2c(C(C)C)cc(C(C)C)cc2C(C)C)c(C(C)C)c1. The van der Waals surface area contributed by atoms with E-state index < -0.39 is 32.1 Å². The van der Waals surface area contributed by atoms with Crippen LogP contribution in [0.4, 0.5) is 0 Å². The zero-order valence-electron chi connectivity index (χ0n) is 29.2. The van der Waals surface area contributed by atoms with Gasteiger partial charge >= 0.3 is 0 Å². The molecule has 0 radical (unpaired) electrons. The van der Waals surface area contributed by atoms with Crippen LogP contribution in [0.1, 0.15) is 178 Å². The Kier molecular flexibility index (Phi) is 12.0. The molecule has 44 heavy (non-hydrogen) atoms. The predicted molar refractivity (Wildman–Crippen MR) is 184 cm³/mol. The minimum atomic E-state index is -3.95. The van der Waals surface area contributed by atoms with Gasteiger partial charge in [0, 0.05) is 12.1 Å². The Morgan fingerprint density at radius 3 is 0.932 bits per heavy atom. The average molecular weight is 647 g/mol. The number of benzene rings is 2. The highest BCUT2D eigenvalue weighted by molar-refractivity contribution is 7.90. The lowest BCUT2D eigenvalue weighted by molar-refractivity contribution is 0.339. The Balaban J connectivity index is 2.09. The van der Waals surface area contributed by atoms with Gasteiger partial charge in [-0.15, -0.1) is 0 Å². The monoisotopic (exact) mass is 646 g/mol. The predicted octanol–water partition coefficient (Wildman–Crippen LogP) is 9.00. The number of hydrogen-bond acceptors (Lipinski definition) is 4. The van der Waals surface area contributed by atoms with Gasteiger partial charge in [0.25, 0.3) is 0 Å². The minimum Gasteiger partial charge on any atom is -0.207 e. The molecule has 2 atom stereocenters. The number of rotatable bonds is 12. The normalized spacial score (nSPS) is 18.5. The van der Waals surface area contributed by atoms with Crippen LogP contribution in [0.3, 0.4) is 0 Å². The largest absolute Gasteiger partial charge is 0.241 e. The molecular formula is C36H58N2O4S2. The van der Waals surface area contributed by atoms with Gasteiger partial charge in [0.1, 0.15) is 0 Å². The second-order valence-corrected chi connectivity index (χ2v) is 18.0. The molecule has 3 rings (SSSR count). The number of sulfonamides is 2. The van der Waals surface area contributed by atoms with Crippen LogP contribution in [-0.4, -0.2) is 28.9 Å². The lowest BCUT2D eigenvalue weighted by Crippen LogP contribution is -2.53. The Morgan fingerprint density at radius 2 is 0.727 bits per heavy atom. The van der Waals surface area contributed by atoms with Gasteiger partial charge in [-0.3, -0.25) is 0 Å². The summed E-state index contributed by atoms with van der Waals surface area (Å²) >= 11 is 0. The van der Waals surface area contributed by atoms with Gasteiger partial charge in [-0.05, 0) is 81.7 Å². The third kappa shape index (κ3) is 8.15. The van der Waals surface area contributed by atoms with Crippen molar-refractivity contribution in [2.45, 2.75) is 166 Å². The van der Waals surface area contributed by atoms with E-state index in [1.807, 2.05) is 79.7 Å². The molecule has 2 N–H and O–H groups in total. The number of hydrogen-bond donors (Lipinski definition) is 2. The first-order chi connectivity index (χ1) is 20.3. The highest BCUT2D eigenvalue weighted by atomic mass is 32.2. The molecule has 0 heterocycles. The zero-order valence-corrected chi connectivity index (χ0v) is 30.8. The van der Waals surface area contributed by atoms with Crippen LogP contribution < -0.4 is 9.44 Å². The molecule has 0 amide bonds. The molecule has 8 heteroatoms. The standard InChI is InChI=1S/C36H58N2O4S2/c1-21(2)27-17-29(23(5)6)35(30(18-27)24(7)8)43(39,40)37-33-15-13-14-16-34(33)38-44(41,42)36-31(25(9)10)19-28(22(3)4)20-32(36)26(11)12/h17-26,33-34,37-38H,13-16H2,1-12H3/t33-,34-/m1/s1. The van der Waals surface area contributed by atoms with Crippen molar-refractivity contribution in [3.63, 3.8) is 0 Å². The van der Waals surface area contributed by atoms with Crippen LogP contribution in [-0.2, 0) is 20.0 Å². The van der Waals surface area contributed by atoms with Crippen LogP contribution in [0.15, 0.2) is 34.1 Å². The molecule has 0 saturated heterocycles. The van der Waals surface area contributed by atoms with Crippen LogP contribution in [0.25, 0.3) is 0 Å². The van der Waals surface area contributed by atoms with E-state index in [1.165, 1.54) is 0 Å². The summed E-state index contributed by atoms with van der Waals surface area (Å²) in [5.74, 6) is 0.584. The first-order valence-corrected chi connectivity index (χ1v) is 19.6. The van der Waals surface area contributed by atoms with Gasteiger partial charge in [-0.2, -0.15) is 0 Å². The van der Waals surface area contributed by atoms with Crippen molar-refractivity contribution < 1.29 is 16.8 Å². The number of nitrogens with one attached hydrogen (secondary N) is 2. The minimum absolute atomic E-state index is 0.0103. The molecule has 1 aliphatic carbocycles. The van der Waals surface area contributed by atoms with Crippen LogP contribution >= 0.6 is 0 Å². The summed E-state index contributed by atoms with van der Waals surface area (Å²) in [6.07, 6.45) is 2.82. The van der Waals surface area contributed by atoms with Crippen LogP contribution in [0, 0.1) is 0 Å². The van der Waals surface area contributed by atoms with E-state index in [1.54, 1.807) is 0 Å². The zero-order chi connectivity index (χ0) is 33.3. The molecule has 0 spiro atoms. The Bertz CT molecular complexity index is 1350. The summed E-state index contributed by atoms with van der Waals surface area (Å²) in [5.41, 5.74) is 5.51. The smallest absolute Gasteiger partial charge is 0.207 e. The van der Waals surface area contributed by atoms with Gasteiger partial charge in [0.15, 0.2) is 0 Å². The van der Waals surface area contributed by atoms with Crippen molar-refractivity contribution in [3.8, 4) is 0 Å². The molecule has 0 unspecified atom stereocenters. The third-order valence-corrected chi connectivity index (χ3v) is 12.3. The second-order valence-electron chi connectivity index (χ2n) is 14.7. The summed E-state index contributed by atoms with van der Waals surface area (Å²) in [6.45, 7) is 24.8. The van der Waals surface area contributed by atoms with Gasteiger partial charge in [-0.25, -0.2) is 26.3 Å². The fourth-order valence-electron chi connectivity index (χ4n) is 6.33. The molecule has 0 aromatic heterocycles. The van der Waals surface area contributed by atoms with Gasteiger partial charge < -0.3 is 0 Å². The molecule has 0 aliphatic heterocycles. The van der Waals surface area contributed by atoms with Gasteiger partial charge in [0.2, 0.25) is 20.0 Å². The van der Waals surface area contributed by atoms with Crippen LogP contribution in [0.2, 0.25) is 0 Å². The van der Waals surface area contributed by atoms with Crippen LogP contribution in [0.5, 0.6) is 0 Å². The van der Waals surface area contributed by atoms with Crippen molar-refractivity contribution >= 4 is 20.0 Å². The highest BCUT2D eigenvalue weighted by Gasteiger charge is 2.37. The van der Waals surface area contributed by atoms with Crippen molar-refractivity contribution in [2.75, 3.05) is 0 Å². The first kappa shape index (κ1) is 36.7. The fraction of sp³-hybridized carbons (Fsp3) is 0.667. The van der Waals surface area contributed by atoms with E-state index in [-0.39, 0.29) is 35.5 Å². The first-order valence-electron chi connectivity index (χ1n) is 16.7. The van der Waals surface area contributed by atoms with Crippen molar-refractivity contribution in [1.82, 2.24) is 9.44 Å². The maximum absolute atomic E-state index is 14.3. The molecule has 6 nitrogen and oxygen atoms in total. The van der Waals surface area contributed by atoms with E-state index in [4.69, 9.17) is 0 Å². The summed E-state index contributed by atoms with van der Waals surface area (Å²) in [4.78, 5) is 0.708. The maximum Gasteiger partial charge on any atom is 0.241 e. The molecule has 1 fully saturated rings.